The number of hydrogen-bond donors (Lipinski definition) is 0. The topological polar surface area (TPSA) is 43.0 Å². The van der Waals surface area contributed by atoms with Crippen molar-refractivity contribution in [2.45, 2.75) is 13.5 Å². The Balaban J connectivity index is 0.00000267. The minimum atomic E-state index is -0.198. The van der Waals surface area contributed by atoms with Crippen LogP contribution < -0.4 is 21.5 Å². The molecule has 0 saturated heterocycles. The average Bonchev–Trinajstić information content (AvgIpc) is 3.15. The fraction of sp³-hybridized carbons (Fsp3) is 0.0690. The number of aryl methyl sites for hydroxylation is 1. The Bertz CT molecular complexity index is 1710. The van der Waals surface area contributed by atoms with Gasteiger partial charge in [-0.1, -0.05) is 66.7 Å². The van der Waals surface area contributed by atoms with Gasteiger partial charge in [0.25, 0.3) is 16.6 Å². The summed E-state index contributed by atoms with van der Waals surface area (Å²) in [6.45, 7) is 2.39. The van der Waals surface area contributed by atoms with E-state index in [1.165, 1.54) is 0 Å². The highest BCUT2D eigenvalue weighted by Gasteiger charge is 2.36. The van der Waals surface area contributed by atoms with Crippen molar-refractivity contribution in [3.63, 3.8) is 0 Å². The lowest BCUT2D eigenvalue weighted by Crippen LogP contribution is -3.00. The van der Waals surface area contributed by atoms with Gasteiger partial charge in [-0.3, -0.25) is 9.59 Å². The van der Waals surface area contributed by atoms with E-state index in [9.17, 15) is 9.59 Å². The predicted molar refractivity (Wildman–Crippen MR) is 137 cm³/mol. The van der Waals surface area contributed by atoms with E-state index >= 15 is 0 Å². The number of benzene rings is 4. The van der Waals surface area contributed by atoms with Crippen LogP contribution in [0.2, 0.25) is 10.3 Å². The summed E-state index contributed by atoms with van der Waals surface area (Å²) in [6, 6.07) is 24.9. The number of rotatable bonds is 3. The van der Waals surface area contributed by atoms with E-state index < -0.39 is 0 Å². The molecule has 1 aliphatic carbocycles. The first-order valence-electron chi connectivity index (χ1n) is 11.2. The molecule has 1 aromatic heterocycles. The first kappa shape index (κ1) is 24.4. The molecule has 0 radical (unpaired) electrons. The average molecular weight is 578 g/mol. The van der Waals surface area contributed by atoms with Gasteiger partial charge in [0.1, 0.15) is 12.2 Å². The minimum absolute atomic E-state index is 0. The molecule has 6 rings (SSSR count). The van der Waals surface area contributed by atoms with E-state index in [2.05, 4.69) is 30.3 Å². The largest absolute Gasteiger partial charge is 1.00 e. The summed E-state index contributed by atoms with van der Waals surface area (Å²) in [5.41, 5.74) is 3.99. The lowest BCUT2D eigenvalue weighted by molar-refractivity contribution is -0.685. The summed E-state index contributed by atoms with van der Waals surface area (Å²) in [5.74, 6) is -0.370. The number of imidazole rings is 1. The number of nitrogens with zero attached hydrogens (tertiary/aromatic N) is 2. The molecule has 5 aromatic rings. The number of fused-ring (bicyclic) bond motifs is 3. The van der Waals surface area contributed by atoms with E-state index in [0.29, 0.717) is 39.6 Å². The SMILES string of the molecule is Cc1ccc2c(c1-n1c[n+](Cc3ccc4ccccc4c3)c(Cl)c1Cl)C(=O)c1ccccc1C2=O.[Br-]. The summed E-state index contributed by atoms with van der Waals surface area (Å²) < 4.78 is 3.55. The molecule has 4 aromatic carbocycles. The Kier molecular flexibility index (Phi) is 6.33. The molecule has 0 spiro atoms. The maximum atomic E-state index is 13.6. The van der Waals surface area contributed by atoms with E-state index in [4.69, 9.17) is 23.2 Å². The summed E-state index contributed by atoms with van der Waals surface area (Å²) >= 11 is 13.4. The molecule has 0 atom stereocenters. The fourth-order valence-electron chi connectivity index (χ4n) is 4.84. The van der Waals surface area contributed by atoms with Crippen molar-refractivity contribution in [1.82, 2.24) is 4.57 Å². The number of carbonyl (C=O) groups excluding carboxylic acids is 2. The third kappa shape index (κ3) is 3.79. The van der Waals surface area contributed by atoms with Gasteiger partial charge in [0.05, 0.1) is 5.56 Å². The number of halogens is 3. The molecule has 0 fully saturated rings. The Morgan fingerprint density at radius 3 is 2.19 bits per heavy atom. The second-order valence-corrected chi connectivity index (χ2v) is 9.45. The Morgan fingerprint density at radius 2 is 1.44 bits per heavy atom. The van der Waals surface area contributed by atoms with E-state index in [1.54, 1.807) is 41.2 Å². The van der Waals surface area contributed by atoms with Crippen LogP contribution in [0.5, 0.6) is 0 Å². The van der Waals surface area contributed by atoms with Crippen molar-refractivity contribution in [1.29, 1.82) is 0 Å². The van der Waals surface area contributed by atoms with Crippen LogP contribution in [0.25, 0.3) is 16.5 Å². The Morgan fingerprint density at radius 1 is 0.778 bits per heavy atom. The molecule has 0 N–H and O–H groups in total. The quantitative estimate of drug-likeness (QED) is 0.303. The van der Waals surface area contributed by atoms with Crippen LogP contribution in [0.15, 0.2) is 85.2 Å². The van der Waals surface area contributed by atoms with Gasteiger partial charge in [-0.25, -0.2) is 4.57 Å². The zero-order chi connectivity index (χ0) is 24.3. The van der Waals surface area contributed by atoms with Crippen molar-refractivity contribution >= 4 is 45.5 Å². The van der Waals surface area contributed by atoms with Crippen LogP contribution in [0.1, 0.15) is 43.0 Å². The van der Waals surface area contributed by atoms with Gasteiger partial charge in [-0.05, 0) is 64.2 Å². The molecule has 0 aliphatic heterocycles. The molecule has 4 nitrogen and oxygen atoms in total. The van der Waals surface area contributed by atoms with Gasteiger partial charge >= 0.3 is 0 Å². The van der Waals surface area contributed by atoms with Gasteiger partial charge in [0.15, 0.2) is 11.6 Å². The van der Waals surface area contributed by atoms with Crippen LogP contribution in [0, 0.1) is 6.92 Å². The second-order valence-electron chi connectivity index (χ2n) is 8.73. The Labute approximate surface area is 228 Å². The summed E-state index contributed by atoms with van der Waals surface area (Å²) in [4.78, 5) is 26.8. The summed E-state index contributed by atoms with van der Waals surface area (Å²) in [5, 5.41) is 2.94. The molecule has 0 saturated carbocycles. The molecular formula is C29H19BrCl2N2O2. The first-order valence-corrected chi connectivity index (χ1v) is 12.0. The first-order chi connectivity index (χ1) is 16.9. The van der Waals surface area contributed by atoms with Crippen molar-refractivity contribution < 1.29 is 31.1 Å². The van der Waals surface area contributed by atoms with Crippen LogP contribution in [0.3, 0.4) is 0 Å². The molecule has 1 heterocycles. The molecule has 0 unspecified atom stereocenters. The predicted octanol–water partition coefficient (Wildman–Crippen LogP) is 3.36. The van der Waals surface area contributed by atoms with Gasteiger partial charge in [-0.15, -0.1) is 0 Å². The molecule has 0 amide bonds. The fourth-order valence-corrected chi connectivity index (χ4v) is 5.27. The van der Waals surface area contributed by atoms with Gasteiger partial charge in [-0.2, -0.15) is 4.57 Å². The lowest BCUT2D eigenvalue weighted by Gasteiger charge is -2.19. The maximum absolute atomic E-state index is 13.6. The second kappa shape index (κ2) is 9.32. The minimum Gasteiger partial charge on any atom is -1.00 e. The van der Waals surface area contributed by atoms with E-state index in [-0.39, 0.29) is 33.7 Å². The number of aromatic nitrogens is 2. The lowest BCUT2D eigenvalue weighted by atomic mass is 9.82. The zero-order valence-electron chi connectivity index (χ0n) is 19.1. The molecule has 36 heavy (non-hydrogen) atoms. The summed E-state index contributed by atoms with van der Waals surface area (Å²) in [6.07, 6.45) is 1.79. The van der Waals surface area contributed by atoms with E-state index in [1.807, 2.05) is 29.7 Å². The van der Waals surface area contributed by atoms with Crippen molar-refractivity contribution in [3.8, 4) is 5.69 Å². The molecular weight excluding hydrogens is 559 g/mol. The van der Waals surface area contributed by atoms with Crippen molar-refractivity contribution in [2.24, 2.45) is 0 Å². The van der Waals surface area contributed by atoms with Crippen molar-refractivity contribution in [2.75, 3.05) is 0 Å². The third-order valence-corrected chi connectivity index (χ3v) is 7.42. The third-order valence-electron chi connectivity index (χ3n) is 6.56. The molecule has 178 valence electrons. The zero-order valence-corrected chi connectivity index (χ0v) is 22.2. The van der Waals surface area contributed by atoms with Crippen LogP contribution in [-0.2, 0) is 6.54 Å². The van der Waals surface area contributed by atoms with Crippen LogP contribution in [-0.4, -0.2) is 16.1 Å². The maximum Gasteiger partial charge on any atom is 0.260 e. The Hall–Kier alpha value is -3.25. The highest BCUT2D eigenvalue weighted by Crippen LogP contribution is 2.35. The number of hydrogen-bond acceptors (Lipinski definition) is 2. The monoisotopic (exact) mass is 576 g/mol. The van der Waals surface area contributed by atoms with Crippen LogP contribution in [0.4, 0.5) is 0 Å². The number of ketones is 2. The standard InChI is InChI=1S/C29H19Cl2N2O2.BrH/c1-17-10-13-23-24(27(35)22-9-5-4-8-21(22)26(23)34)25(17)33-16-32(28(30)29(33)31)15-18-11-12-19-6-2-3-7-20(19)14-18;/h2-14,16H,15H2,1H3;1H/q+1;/p-1. The normalized spacial score (nSPS) is 12.3. The number of carbonyl (C=O) groups is 2. The van der Waals surface area contributed by atoms with Gasteiger partial charge < -0.3 is 17.0 Å². The molecule has 7 heteroatoms. The smallest absolute Gasteiger partial charge is 0.260 e. The van der Waals surface area contributed by atoms with Crippen molar-refractivity contribution in [3.05, 3.63) is 129 Å². The molecule has 0 bridgehead atoms. The molecule has 1 aliphatic rings. The highest BCUT2D eigenvalue weighted by atomic mass is 79.9. The van der Waals surface area contributed by atoms with E-state index in [0.717, 1.165) is 21.9 Å². The van der Waals surface area contributed by atoms with Gasteiger partial charge in [0, 0.05) is 16.7 Å². The van der Waals surface area contributed by atoms with Gasteiger partial charge in [0.2, 0.25) is 0 Å². The van der Waals surface area contributed by atoms with Crippen LogP contribution >= 0.6 is 23.2 Å². The summed E-state index contributed by atoms with van der Waals surface area (Å²) in [7, 11) is 0. The highest BCUT2D eigenvalue weighted by molar-refractivity contribution is 6.40.